The highest BCUT2D eigenvalue weighted by Gasteiger charge is 2.53. The molecule has 0 fully saturated rings. The second-order valence-electron chi connectivity index (χ2n) is 6.71. The zero-order chi connectivity index (χ0) is 21.3. The molecule has 5 rings (SSSR count). The Kier molecular flexibility index (Phi) is 3.91. The van der Waals surface area contributed by atoms with Gasteiger partial charge in [-0.2, -0.15) is 8.42 Å². The summed E-state index contributed by atoms with van der Waals surface area (Å²) in [7, 11) is -4.75. The summed E-state index contributed by atoms with van der Waals surface area (Å²) in [5.41, 5.74) is 0.467. The van der Waals surface area contributed by atoms with E-state index in [4.69, 9.17) is 14.0 Å². The van der Waals surface area contributed by atoms with Crippen LogP contribution in [0.15, 0.2) is 59.1 Å². The summed E-state index contributed by atoms with van der Waals surface area (Å²) in [6.07, 6.45) is 0. The maximum absolute atomic E-state index is 12.8. The summed E-state index contributed by atoms with van der Waals surface area (Å²) in [6.45, 7) is 0. The standard InChI is InChI=1S/C20H11BrO8S/c21-10-1-4-14-13(7-10)19(23)28-20(14)15-5-2-11(22)8-17(15)27-18-9-12(3-6-16(18)20)29-30(24,25)26/h1-9,22H,(H,24,25,26). The zero-order valence-electron chi connectivity index (χ0n) is 14.8. The maximum Gasteiger partial charge on any atom is 0.446 e. The van der Waals surface area contributed by atoms with Crippen molar-refractivity contribution in [1.29, 1.82) is 0 Å². The first-order valence-corrected chi connectivity index (χ1v) is 10.7. The van der Waals surface area contributed by atoms with Crippen molar-refractivity contribution >= 4 is 32.3 Å². The monoisotopic (exact) mass is 490 g/mol. The number of ether oxygens (including phenoxy) is 2. The highest BCUT2D eigenvalue weighted by Crippen LogP contribution is 2.57. The number of phenolic OH excluding ortho intramolecular Hbond substituents is 1. The lowest BCUT2D eigenvalue weighted by Crippen LogP contribution is -2.33. The van der Waals surface area contributed by atoms with Gasteiger partial charge in [0.05, 0.1) is 5.56 Å². The predicted molar refractivity (Wildman–Crippen MR) is 106 cm³/mol. The van der Waals surface area contributed by atoms with Gasteiger partial charge in [0.25, 0.3) is 0 Å². The van der Waals surface area contributed by atoms with E-state index in [1.165, 1.54) is 30.3 Å². The molecule has 10 heteroatoms. The highest BCUT2D eigenvalue weighted by molar-refractivity contribution is 9.10. The molecule has 30 heavy (non-hydrogen) atoms. The van der Waals surface area contributed by atoms with Gasteiger partial charge in [-0.05, 0) is 36.4 Å². The summed E-state index contributed by atoms with van der Waals surface area (Å²) in [5.74, 6) is -0.460. The highest BCUT2D eigenvalue weighted by atomic mass is 79.9. The normalized spacial score (nSPS) is 18.8. The van der Waals surface area contributed by atoms with Gasteiger partial charge in [-0.1, -0.05) is 22.0 Å². The van der Waals surface area contributed by atoms with Crippen LogP contribution in [0.25, 0.3) is 0 Å². The third-order valence-corrected chi connectivity index (χ3v) is 5.82. The average Bonchev–Trinajstić information content (AvgIpc) is 2.93. The summed E-state index contributed by atoms with van der Waals surface area (Å²) >= 11 is 3.35. The van der Waals surface area contributed by atoms with Crippen LogP contribution in [0.2, 0.25) is 0 Å². The van der Waals surface area contributed by atoms with E-state index in [0.717, 1.165) is 0 Å². The summed E-state index contributed by atoms with van der Waals surface area (Å²) in [4.78, 5) is 12.8. The summed E-state index contributed by atoms with van der Waals surface area (Å²) in [6, 6.07) is 13.6. The Hall–Kier alpha value is -3.08. The first-order chi connectivity index (χ1) is 14.2. The Morgan fingerprint density at radius 1 is 0.933 bits per heavy atom. The van der Waals surface area contributed by atoms with Crippen LogP contribution in [0.1, 0.15) is 27.0 Å². The van der Waals surface area contributed by atoms with Crippen molar-refractivity contribution in [3.8, 4) is 23.0 Å². The van der Waals surface area contributed by atoms with E-state index in [1.54, 1.807) is 24.3 Å². The molecular weight excluding hydrogens is 480 g/mol. The van der Waals surface area contributed by atoms with Gasteiger partial charge in [-0.15, -0.1) is 0 Å². The Balaban J connectivity index is 1.81. The first kappa shape index (κ1) is 18.9. The van der Waals surface area contributed by atoms with Crippen LogP contribution < -0.4 is 8.92 Å². The molecule has 1 atom stereocenters. The van der Waals surface area contributed by atoms with E-state index >= 15 is 0 Å². The largest absolute Gasteiger partial charge is 0.508 e. The van der Waals surface area contributed by atoms with Crippen molar-refractivity contribution in [3.63, 3.8) is 0 Å². The van der Waals surface area contributed by atoms with Gasteiger partial charge in [0.1, 0.15) is 23.0 Å². The van der Waals surface area contributed by atoms with E-state index in [0.29, 0.717) is 26.7 Å². The number of aromatic hydroxyl groups is 1. The number of hydrogen-bond donors (Lipinski definition) is 2. The molecule has 1 spiro atoms. The van der Waals surface area contributed by atoms with Crippen molar-refractivity contribution in [3.05, 3.63) is 81.3 Å². The molecular formula is C20H11BrO8S. The number of benzene rings is 3. The molecule has 3 aromatic carbocycles. The maximum atomic E-state index is 12.8. The van der Waals surface area contributed by atoms with Crippen molar-refractivity contribution in [2.75, 3.05) is 0 Å². The van der Waals surface area contributed by atoms with Crippen LogP contribution in [-0.4, -0.2) is 24.0 Å². The number of halogens is 1. The van der Waals surface area contributed by atoms with Gasteiger partial charge >= 0.3 is 16.4 Å². The summed E-state index contributed by atoms with van der Waals surface area (Å²) < 4.78 is 48.1. The minimum absolute atomic E-state index is 0.0713. The molecule has 0 saturated heterocycles. The quantitative estimate of drug-likeness (QED) is 0.409. The van der Waals surface area contributed by atoms with Gasteiger partial charge in [0, 0.05) is 33.3 Å². The minimum atomic E-state index is -4.75. The lowest BCUT2D eigenvalue weighted by atomic mass is 9.77. The van der Waals surface area contributed by atoms with Gasteiger partial charge in [0.15, 0.2) is 5.60 Å². The molecule has 0 amide bonds. The lowest BCUT2D eigenvalue weighted by Gasteiger charge is -2.36. The molecule has 2 N–H and O–H groups in total. The number of rotatable bonds is 2. The van der Waals surface area contributed by atoms with Crippen LogP contribution in [0.4, 0.5) is 0 Å². The van der Waals surface area contributed by atoms with Crippen LogP contribution in [-0.2, 0) is 20.7 Å². The lowest BCUT2D eigenvalue weighted by molar-refractivity contribution is 0.0224. The molecule has 2 aliphatic heterocycles. The smallest absolute Gasteiger partial charge is 0.446 e. The third-order valence-electron chi connectivity index (χ3n) is 4.92. The van der Waals surface area contributed by atoms with Gasteiger partial charge in [-0.25, -0.2) is 4.79 Å². The number of carbonyl (C=O) groups is 1. The molecule has 3 aromatic rings. The predicted octanol–water partition coefficient (Wildman–Crippen LogP) is 3.90. The second-order valence-corrected chi connectivity index (χ2v) is 8.65. The molecule has 0 radical (unpaired) electrons. The van der Waals surface area contributed by atoms with Crippen molar-refractivity contribution < 1.29 is 36.5 Å². The molecule has 152 valence electrons. The van der Waals surface area contributed by atoms with Crippen molar-refractivity contribution in [2.24, 2.45) is 0 Å². The fraction of sp³-hybridized carbons (Fsp3) is 0.0500. The molecule has 0 bridgehead atoms. The average molecular weight is 491 g/mol. The molecule has 1 unspecified atom stereocenters. The number of esters is 1. The zero-order valence-corrected chi connectivity index (χ0v) is 17.2. The van der Waals surface area contributed by atoms with Crippen molar-refractivity contribution in [1.82, 2.24) is 0 Å². The van der Waals surface area contributed by atoms with Gasteiger partial charge < -0.3 is 18.8 Å². The Morgan fingerprint density at radius 3 is 2.33 bits per heavy atom. The van der Waals surface area contributed by atoms with Crippen LogP contribution in [0.3, 0.4) is 0 Å². The Morgan fingerprint density at radius 2 is 1.60 bits per heavy atom. The van der Waals surface area contributed by atoms with E-state index in [2.05, 4.69) is 20.1 Å². The molecule has 0 aliphatic carbocycles. The van der Waals surface area contributed by atoms with Crippen LogP contribution in [0, 0.1) is 0 Å². The number of carbonyl (C=O) groups excluding carboxylic acids is 1. The Labute approximate surface area is 178 Å². The van der Waals surface area contributed by atoms with E-state index in [1.807, 2.05) is 0 Å². The molecule has 2 heterocycles. The minimum Gasteiger partial charge on any atom is -0.508 e. The van der Waals surface area contributed by atoms with E-state index in [9.17, 15) is 18.3 Å². The molecule has 8 nitrogen and oxygen atoms in total. The van der Waals surface area contributed by atoms with E-state index < -0.39 is 22.0 Å². The van der Waals surface area contributed by atoms with Crippen LogP contribution in [0.5, 0.6) is 23.0 Å². The fourth-order valence-corrected chi connectivity index (χ4v) is 4.55. The van der Waals surface area contributed by atoms with Gasteiger partial charge in [0.2, 0.25) is 0 Å². The molecule has 2 aliphatic rings. The fourth-order valence-electron chi connectivity index (χ4n) is 3.84. The Bertz CT molecular complexity index is 1350. The first-order valence-electron chi connectivity index (χ1n) is 8.53. The molecule has 0 aromatic heterocycles. The second kappa shape index (κ2) is 6.21. The summed E-state index contributed by atoms with van der Waals surface area (Å²) in [5, 5.41) is 9.93. The molecule has 0 saturated carbocycles. The van der Waals surface area contributed by atoms with Crippen molar-refractivity contribution in [2.45, 2.75) is 5.60 Å². The number of fused-ring (bicyclic) bond motifs is 6. The SMILES string of the molecule is O=C1OC2(c3ccc(O)cc3Oc3cc(OS(=O)(=O)O)ccc32)c2ccc(Br)cc21. The topological polar surface area (TPSA) is 119 Å². The van der Waals surface area contributed by atoms with Gasteiger partial charge in [-0.3, -0.25) is 4.55 Å². The van der Waals surface area contributed by atoms with Crippen LogP contribution >= 0.6 is 15.9 Å². The number of hydrogen-bond acceptors (Lipinski definition) is 7. The number of phenols is 1. The van der Waals surface area contributed by atoms with E-state index in [-0.39, 0.29) is 23.0 Å². The third kappa shape index (κ3) is 2.76.